The highest BCUT2D eigenvalue weighted by atomic mass is 19.1. The van der Waals surface area contributed by atoms with Gasteiger partial charge in [0.15, 0.2) is 0 Å². The molecule has 0 spiro atoms. The van der Waals surface area contributed by atoms with Gasteiger partial charge in [0.1, 0.15) is 11.9 Å². The van der Waals surface area contributed by atoms with E-state index in [4.69, 9.17) is 5.26 Å². The Morgan fingerprint density at radius 2 is 1.84 bits per heavy atom. The number of phenolic OH excluding ortho intramolecular Hbond substituents is 1. The Bertz CT molecular complexity index is 1490. The van der Waals surface area contributed by atoms with Gasteiger partial charge in [-0.2, -0.15) is 5.26 Å². The molecule has 7 atom stereocenters. The number of benzene rings is 3. The van der Waals surface area contributed by atoms with Crippen LogP contribution >= 0.6 is 0 Å². The van der Waals surface area contributed by atoms with E-state index in [1.807, 2.05) is 47.4 Å². The second-order valence-electron chi connectivity index (χ2n) is 13.3. The minimum Gasteiger partial charge on any atom is -0.508 e. The number of aliphatic hydroxyl groups excluding tert-OH is 1. The van der Waals surface area contributed by atoms with Crippen molar-refractivity contribution in [3.63, 3.8) is 0 Å². The maximum atomic E-state index is 16.1. The molecule has 0 aromatic heterocycles. The first-order valence-corrected chi connectivity index (χ1v) is 15.8. The molecule has 1 amide bonds. The van der Waals surface area contributed by atoms with E-state index in [1.54, 1.807) is 30.3 Å². The number of carbonyl (C=O) groups is 1. The van der Waals surface area contributed by atoms with E-state index in [9.17, 15) is 15.0 Å². The monoisotopic (exact) mass is 580 g/mol. The first-order chi connectivity index (χ1) is 20.8. The number of fused-ring (bicyclic) bond motifs is 5. The second-order valence-corrected chi connectivity index (χ2v) is 13.3. The molecule has 0 heterocycles. The molecule has 2 N–H and O–H groups in total. The average molecular weight is 581 g/mol. The molecule has 0 aliphatic heterocycles. The van der Waals surface area contributed by atoms with Crippen LogP contribution in [0.5, 0.6) is 5.75 Å². The molecule has 3 unspecified atom stereocenters. The summed E-state index contributed by atoms with van der Waals surface area (Å²) in [5.74, 6) is 0.650. The number of alkyl halides is 1. The SMILES string of the molecule is C[C@]12C[C@H](F)C3c4ccc(O)cc4C[C@@H](CCCCN(Cc4ccccc4)C(=O)c4ccc(C#N)cc4)C3C1CC[C@@H]2O. The van der Waals surface area contributed by atoms with E-state index in [0.29, 0.717) is 30.6 Å². The molecule has 3 aromatic carbocycles. The minimum absolute atomic E-state index is 0.0567. The van der Waals surface area contributed by atoms with Crippen molar-refractivity contribution in [2.24, 2.45) is 23.2 Å². The summed E-state index contributed by atoms with van der Waals surface area (Å²) in [6.07, 6.45) is 4.01. The van der Waals surface area contributed by atoms with Gasteiger partial charge in [0.05, 0.1) is 17.7 Å². The van der Waals surface area contributed by atoms with Gasteiger partial charge in [-0.1, -0.05) is 49.7 Å². The molecule has 43 heavy (non-hydrogen) atoms. The van der Waals surface area contributed by atoms with Gasteiger partial charge < -0.3 is 15.1 Å². The quantitative estimate of drug-likeness (QED) is 0.277. The fourth-order valence-corrected chi connectivity index (χ4v) is 8.67. The molecular formula is C37H41FN2O3. The Balaban J connectivity index is 1.19. The zero-order valence-corrected chi connectivity index (χ0v) is 24.8. The predicted molar refractivity (Wildman–Crippen MR) is 164 cm³/mol. The third-order valence-corrected chi connectivity index (χ3v) is 10.8. The van der Waals surface area contributed by atoms with Gasteiger partial charge in [0.2, 0.25) is 0 Å². The third-order valence-electron chi connectivity index (χ3n) is 10.8. The van der Waals surface area contributed by atoms with Crippen molar-refractivity contribution >= 4 is 5.91 Å². The van der Waals surface area contributed by atoms with Crippen LogP contribution in [0, 0.1) is 34.5 Å². The van der Waals surface area contributed by atoms with Crippen LogP contribution in [-0.4, -0.2) is 39.8 Å². The topological polar surface area (TPSA) is 84.6 Å². The molecule has 6 heteroatoms. The first kappa shape index (κ1) is 29.4. The van der Waals surface area contributed by atoms with E-state index in [-0.39, 0.29) is 35.3 Å². The van der Waals surface area contributed by atoms with Crippen molar-refractivity contribution in [2.75, 3.05) is 6.54 Å². The number of halogens is 1. The summed E-state index contributed by atoms with van der Waals surface area (Å²) < 4.78 is 16.1. The van der Waals surface area contributed by atoms with Gasteiger partial charge in [-0.3, -0.25) is 4.79 Å². The van der Waals surface area contributed by atoms with Gasteiger partial charge in [0, 0.05) is 24.6 Å². The number of nitrogens with zero attached hydrogens (tertiary/aromatic N) is 2. The van der Waals surface area contributed by atoms with Crippen molar-refractivity contribution in [3.05, 3.63) is 101 Å². The van der Waals surface area contributed by atoms with Crippen LogP contribution in [0.1, 0.15) is 84.0 Å². The first-order valence-electron chi connectivity index (χ1n) is 15.8. The van der Waals surface area contributed by atoms with Gasteiger partial charge >= 0.3 is 0 Å². The van der Waals surface area contributed by atoms with Crippen LogP contribution in [0.15, 0.2) is 72.8 Å². The molecular weight excluding hydrogens is 539 g/mol. The standard InChI is InChI=1S/C37H41FN2O3/c1-37-21-32(38)35-30-15-14-29(41)20-28(30)19-27(34(35)31(37)16-17-33(37)42)9-5-6-18-40(23-25-7-3-2-4-8-25)36(43)26-12-10-24(22-39)11-13-26/h2-4,7-8,10-15,20,27,31-35,41-42H,5-6,9,16-19,21,23H2,1H3/t27-,31?,32+,33+,34?,35?,37+/m1/s1. The van der Waals surface area contributed by atoms with Crippen molar-refractivity contribution in [3.8, 4) is 11.8 Å². The fraction of sp³-hybridized carbons (Fsp3) is 0.459. The number of hydrogen-bond acceptors (Lipinski definition) is 4. The van der Waals surface area contributed by atoms with Crippen molar-refractivity contribution in [1.82, 2.24) is 4.90 Å². The summed E-state index contributed by atoms with van der Waals surface area (Å²) in [6, 6.07) is 24.3. The zero-order valence-electron chi connectivity index (χ0n) is 24.8. The van der Waals surface area contributed by atoms with Crippen LogP contribution < -0.4 is 0 Å². The molecule has 3 aromatic rings. The molecule has 3 aliphatic carbocycles. The molecule has 0 saturated heterocycles. The normalized spacial score (nSPS) is 29.2. The lowest BCUT2D eigenvalue weighted by molar-refractivity contribution is -0.0722. The summed E-state index contributed by atoms with van der Waals surface area (Å²) in [7, 11) is 0. The number of unbranched alkanes of at least 4 members (excludes halogenated alkanes) is 1. The third kappa shape index (κ3) is 5.68. The van der Waals surface area contributed by atoms with E-state index >= 15 is 4.39 Å². The van der Waals surface area contributed by atoms with Crippen LogP contribution in [0.3, 0.4) is 0 Å². The number of phenols is 1. The maximum Gasteiger partial charge on any atom is 0.254 e. The van der Waals surface area contributed by atoms with Crippen LogP contribution in [0.4, 0.5) is 4.39 Å². The number of aromatic hydroxyl groups is 1. The largest absolute Gasteiger partial charge is 0.508 e. The summed E-state index contributed by atoms with van der Waals surface area (Å²) in [5.41, 5.74) is 3.85. The lowest BCUT2D eigenvalue weighted by atomic mass is 9.51. The smallest absolute Gasteiger partial charge is 0.254 e. The second kappa shape index (κ2) is 12.1. The van der Waals surface area contributed by atoms with Crippen LogP contribution in [-0.2, 0) is 13.0 Å². The van der Waals surface area contributed by atoms with Crippen LogP contribution in [0.2, 0.25) is 0 Å². The number of hydrogen-bond donors (Lipinski definition) is 2. The Morgan fingerprint density at radius 1 is 1.07 bits per heavy atom. The number of rotatable bonds is 8. The molecule has 2 fully saturated rings. The average Bonchev–Trinajstić information content (AvgIpc) is 3.31. The Hall–Kier alpha value is -3.69. The molecule has 0 radical (unpaired) electrons. The van der Waals surface area contributed by atoms with E-state index in [2.05, 4.69) is 13.0 Å². The number of nitriles is 1. The van der Waals surface area contributed by atoms with E-state index < -0.39 is 17.7 Å². The zero-order chi connectivity index (χ0) is 30.1. The molecule has 2 saturated carbocycles. The lowest BCUT2D eigenvalue weighted by Gasteiger charge is -2.54. The number of aliphatic hydroxyl groups is 1. The van der Waals surface area contributed by atoms with E-state index in [0.717, 1.165) is 55.2 Å². The summed E-state index contributed by atoms with van der Waals surface area (Å²) in [5, 5.41) is 30.3. The van der Waals surface area contributed by atoms with Crippen molar-refractivity contribution < 1.29 is 19.4 Å². The summed E-state index contributed by atoms with van der Waals surface area (Å²) in [6.45, 7) is 3.19. The van der Waals surface area contributed by atoms with E-state index in [1.165, 1.54) is 0 Å². The van der Waals surface area contributed by atoms with Crippen LogP contribution in [0.25, 0.3) is 0 Å². The molecule has 3 aliphatic rings. The maximum absolute atomic E-state index is 16.1. The van der Waals surface area contributed by atoms with Gasteiger partial charge in [-0.15, -0.1) is 0 Å². The Kier molecular flexibility index (Phi) is 8.29. The highest BCUT2D eigenvalue weighted by Gasteiger charge is 2.59. The molecule has 6 rings (SSSR count). The summed E-state index contributed by atoms with van der Waals surface area (Å²) >= 11 is 0. The molecule has 5 nitrogen and oxygen atoms in total. The van der Waals surface area contributed by atoms with Crippen molar-refractivity contribution in [2.45, 2.75) is 76.6 Å². The number of carbonyl (C=O) groups excluding carboxylic acids is 1. The highest BCUT2D eigenvalue weighted by molar-refractivity contribution is 5.94. The molecule has 224 valence electrons. The minimum atomic E-state index is -1.02. The Labute approximate surface area is 254 Å². The van der Waals surface area contributed by atoms with Crippen molar-refractivity contribution in [1.29, 1.82) is 5.26 Å². The predicted octanol–water partition coefficient (Wildman–Crippen LogP) is 7.17. The highest BCUT2D eigenvalue weighted by Crippen LogP contribution is 2.63. The Morgan fingerprint density at radius 3 is 2.58 bits per heavy atom. The number of amides is 1. The fourth-order valence-electron chi connectivity index (χ4n) is 8.67. The summed E-state index contributed by atoms with van der Waals surface area (Å²) in [4.78, 5) is 15.5. The van der Waals surface area contributed by atoms with Gasteiger partial charge in [-0.05, 0) is 115 Å². The van der Waals surface area contributed by atoms with Gasteiger partial charge in [0.25, 0.3) is 5.91 Å². The lowest BCUT2D eigenvalue weighted by Crippen LogP contribution is -2.51. The molecule has 0 bridgehead atoms. The van der Waals surface area contributed by atoms with Gasteiger partial charge in [-0.25, -0.2) is 4.39 Å².